The molecule has 9 nitrogen and oxygen atoms in total. The summed E-state index contributed by atoms with van der Waals surface area (Å²) in [7, 11) is 1.64. The number of nitrogens with zero attached hydrogens (tertiary/aromatic N) is 5. The van der Waals surface area contributed by atoms with E-state index < -0.39 is 4.92 Å². The van der Waals surface area contributed by atoms with Crippen LogP contribution in [0.15, 0.2) is 48.8 Å². The summed E-state index contributed by atoms with van der Waals surface area (Å²) in [6.07, 6.45) is 1.32. The average molecular weight is 435 g/mol. The molecule has 1 aliphatic heterocycles. The third-order valence-electron chi connectivity index (χ3n) is 5.38. The van der Waals surface area contributed by atoms with E-state index in [0.29, 0.717) is 31.9 Å². The summed E-state index contributed by atoms with van der Waals surface area (Å²) in [6.45, 7) is 6.49. The van der Waals surface area contributed by atoms with Gasteiger partial charge in [0.2, 0.25) is 5.82 Å². The predicted molar refractivity (Wildman–Crippen MR) is 122 cm³/mol. The number of nitro groups is 1. The Labute approximate surface area is 186 Å². The zero-order valence-corrected chi connectivity index (χ0v) is 18.3. The molecular formula is C23H25N5O4. The molecule has 1 aliphatic rings. The summed E-state index contributed by atoms with van der Waals surface area (Å²) in [5, 5.41) is 12.0. The Bertz CT molecular complexity index is 1090. The van der Waals surface area contributed by atoms with E-state index in [1.54, 1.807) is 7.11 Å². The molecule has 2 heterocycles. The summed E-state index contributed by atoms with van der Waals surface area (Å²) in [5.74, 6) is 1.54. The number of rotatable bonds is 6. The van der Waals surface area contributed by atoms with Gasteiger partial charge in [0.15, 0.2) is 0 Å². The summed E-state index contributed by atoms with van der Waals surface area (Å²) >= 11 is 0. The standard InChI is InChI=1S/C23H25N5O4/c1-16-12-17(2)14-20(13-16)32-23-21(28(29)30)22(24-15-25-23)27-10-8-26(9-11-27)18-4-6-19(31-3)7-5-18/h4-7,12-15H,8-11H2,1-3H3. The highest BCUT2D eigenvalue weighted by atomic mass is 16.6. The van der Waals surface area contributed by atoms with Crippen LogP contribution in [0.2, 0.25) is 0 Å². The molecule has 3 aromatic rings. The van der Waals surface area contributed by atoms with Gasteiger partial charge in [-0.2, -0.15) is 4.98 Å². The van der Waals surface area contributed by atoms with E-state index in [2.05, 4.69) is 14.9 Å². The third kappa shape index (κ3) is 4.56. The summed E-state index contributed by atoms with van der Waals surface area (Å²) in [6, 6.07) is 13.5. The Morgan fingerprint density at radius 3 is 2.12 bits per heavy atom. The first-order chi connectivity index (χ1) is 15.4. The molecule has 32 heavy (non-hydrogen) atoms. The zero-order valence-electron chi connectivity index (χ0n) is 18.3. The molecule has 0 bridgehead atoms. The van der Waals surface area contributed by atoms with Crippen molar-refractivity contribution in [1.82, 2.24) is 9.97 Å². The van der Waals surface area contributed by atoms with Gasteiger partial charge < -0.3 is 19.3 Å². The molecule has 0 radical (unpaired) electrons. The van der Waals surface area contributed by atoms with Crippen molar-refractivity contribution in [3.05, 3.63) is 70.0 Å². The van der Waals surface area contributed by atoms with Crippen LogP contribution in [0.1, 0.15) is 11.1 Å². The predicted octanol–water partition coefficient (Wildman–Crippen LogP) is 4.13. The fourth-order valence-corrected chi connectivity index (χ4v) is 3.89. The van der Waals surface area contributed by atoms with Crippen molar-refractivity contribution in [2.24, 2.45) is 0 Å². The van der Waals surface area contributed by atoms with Crippen LogP contribution in [-0.2, 0) is 0 Å². The molecule has 0 N–H and O–H groups in total. The maximum absolute atomic E-state index is 12.0. The second-order valence-corrected chi connectivity index (χ2v) is 7.71. The smallest absolute Gasteiger partial charge is 0.373 e. The molecular weight excluding hydrogens is 410 g/mol. The Hall–Kier alpha value is -3.88. The van der Waals surface area contributed by atoms with Crippen molar-refractivity contribution >= 4 is 17.2 Å². The van der Waals surface area contributed by atoms with Crippen LogP contribution in [0.3, 0.4) is 0 Å². The number of aromatic nitrogens is 2. The van der Waals surface area contributed by atoms with Crippen LogP contribution in [0.25, 0.3) is 0 Å². The Morgan fingerprint density at radius 2 is 1.53 bits per heavy atom. The van der Waals surface area contributed by atoms with E-state index in [4.69, 9.17) is 9.47 Å². The van der Waals surface area contributed by atoms with Crippen LogP contribution in [0.4, 0.5) is 17.2 Å². The van der Waals surface area contributed by atoms with Crippen molar-refractivity contribution in [2.75, 3.05) is 43.1 Å². The number of methoxy groups -OCH3 is 1. The van der Waals surface area contributed by atoms with Gasteiger partial charge in [0.05, 0.1) is 12.0 Å². The van der Waals surface area contributed by atoms with Gasteiger partial charge in [-0.25, -0.2) is 4.98 Å². The molecule has 166 valence electrons. The van der Waals surface area contributed by atoms with Crippen LogP contribution in [-0.4, -0.2) is 48.2 Å². The maximum atomic E-state index is 12.0. The lowest BCUT2D eigenvalue weighted by Gasteiger charge is -2.36. The number of ether oxygens (including phenoxy) is 2. The van der Waals surface area contributed by atoms with Crippen LogP contribution < -0.4 is 19.3 Å². The molecule has 4 rings (SSSR count). The lowest BCUT2D eigenvalue weighted by molar-refractivity contribution is -0.385. The second-order valence-electron chi connectivity index (χ2n) is 7.71. The number of hydrogen-bond acceptors (Lipinski definition) is 8. The molecule has 0 aliphatic carbocycles. The third-order valence-corrected chi connectivity index (χ3v) is 5.38. The van der Waals surface area contributed by atoms with E-state index in [1.807, 2.05) is 61.2 Å². The molecule has 0 spiro atoms. The van der Waals surface area contributed by atoms with E-state index in [-0.39, 0.29) is 17.4 Å². The molecule has 0 amide bonds. The van der Waals surface area contributed by atoms with Gasteiger partial charge in [-0.15, -0.1) is 0 Å². The Kier molecular flexibility index (Phi) is 6.07. The van der Waals surface area contributed by atoms with Gasteiger partial charge >= 0.3 is 11.6 Å². The monoisotopic (exact) mass is 435 g/mol. The molecule has 0 unspecified atom stereocenters. The van der Waals surface area contributed by atoms with E-state index in [9.17, 15) is 10.1 Å². The van der Waals surface area contributed by atoms with Crippen LogP contribution >= 0.6 is 0 Å². The first-order valence-electron chi connectivity index (χ1n) is 10.3. The number of piperazine rings is 1. The van der Waals surface area contributed by atoms with E-state index >= 15 is 0 Å². The van der Waals surface area contributed by atoms with Gasteiger partial charge in [0.25, 0.3) is 0 Å². The average Bonchev–Trinajstić information content (AvgIpc) is 2.78. The van der Waals surface area contributed by atoms with Crippen molar-refractivity contribution in [3.63, 3.8) is 0 Å². The molecule has 0 saturated carbocycles. The molecule has 1 saturated heterocycles. The van der Waals surface area contributed by atoms with Crippen molar-refractivity contribution < 1.29 is 14.4 Å². The zero-order chi connectivity index (χ0) is 22.7. The maximum Gasteiger partial charge on any atom is 0.373 e. The highest BCUT2D eigenvalue weighted by molar-refractivity contribution is 5.64. The minimum atomic E-state index is -0.469. The fourth-order valence-electron chi connectivity index (χ4n) is 3.89. The first kappa shape index (κ1) is 21.4. The van der Waals surface area contributed by atoms with E-state index in [0.717, 1.165) is 22.6 Å². The number of hydrogen-bond donors (Lipinski definition) is 0. The number of benzene rings is 2. The lowest BCUT2D eigenvalue weighted by Crippen LogP contribution is -2.47. The fraction of sp³-hybridized carbons (Fsp3) is 0.304. The summed E-state index contributed by atoms with van der Waals surface area (Å²) in [4.78, 5) is 23.9. The van der Waals surface area contributed by atoms with E-state index in [1.165, 1.54) is 6.33 Å². The molecule has 2 aromatic carbocycles. The summed E-state index contributed by atoms with van der Waals surface area (Å²) in [5.41, 5.74) is 2.88. The van der Waals surface area contributed by atoms with Gasteiger partial charge in [0.1, 0.15) is 17.8 Å². The largest absolute Gasteiger partial charge is 0.497 e. The highest BCUT2D eigenvalue weighted by Crippen LogP contribution is 2.37. The van der Waals surface area contributed by atoms with Crippen molar-refractivity contribution in [3.8, 4) is 17.4 Å². The summed E-state index contributed by atoms with van der Waals surface area (Å²) < 4.78 is 11.1. The van der Waals surface area contributed by atoms with Gasteiger partial charge in [-0.3, -0.25) is 10.1 Å². The SMILES string of the molecule is COc1ccc(N2CCN(c3ncnc(Oc4cc(C)cc(C)c4)c3[N+](=O)[O-])CC2)cc1. The number of aryl methyl sites for hydroxylation is 2. The molecule has 9 heteroatoms. The Balaban J connectivity index is 1.54. The normalized spacial score (nSPS) is 13.7. The quantitative estimate of drug-likeness (QED) is 0.421. The first-order valence-corrected chi connectivity index (χ1v) is 10.3. The van der Waals surface area contributed by atoms with Crippen molar-refractivity contribution in [1.29, 1.82) is 0 Å². The van der Waals surface area contributed by atoms with Gasteiger partial charge in [-0.1, -0.05) is 6.07 Å². The molecule has 0 atom stereocenters. The highest BCUT2D eigenvalue weighted by Gasteiger charge is 2.30. The Morgan fingerprint density at radius 1 is 0.906 bits per heavy atom. The second kappa shape index (κ2) is 9.09. The van der Waals surface area contributed by atoms with Gasteiger partial charge in [0, 0.05) is 31.9 Å². The lowest BCUT2D eigenvalue weighted by atomic mass is 10.1. The van der Waals surface area contributed by atoms with Gasteiger partial charge in [-0.05, 0) is 61.4 Å². The topological polar surface area (TPSA) is 93.9 Å². The molecule has 1 aromatic heterocycles. The number of anilines is 2. The van der Waals surface area contributed by atoms with Crippen molar-refractivity contribution in [2.45, 2.75) is 13.8 Å². The minimum absolute atomic E-state index is 0.0532. The van der Waals surface area contributed by atoms with Crippen LogP contribution in [0.5, 0.6) is 17.4 Å². The minimum Gasteiger partial charge on any atom is -0.497 e. The van der Waals surface area contributed by atoms with Crippen LogP contribution in [0, 0.1) is 24.0 Å². The molecule has 1 fully saturated rings.